The molecule has 1 aliphatic rings. The molecule has 2 atom stereocenters. The third-order valence-electron chi connectivity index (χ3n) is 5.14. The molecule has 0 saturated carbocycles. The third kappa shape index (κ3) is 5.18. The summed E-state index contributed by atoms with van der Waals surface area (Å²) in [4.78, 5) is 37.6. The van der Waals surface area contributed by atoms with E-state index in [0.29, 0.717) is 11.3 Å². The fraction of sp³-hybridized carbons (Fsp3) is 0.250. The second-order valence-corrected chi connectivity index (χ2v) is 8.11. The van der Waals surface area contributed by atoms with Crippen molar-refractivity contribution in [1.82, 2.24) is 5.32 Å². The number of hydrogen-bond donors (Lipinski definition) is 2. The largest absolute Gasteiger partial charge is 0.468 e. The van der Waals surface area contributed by atoms with Gasteiger partial charge in [-0.1, -0.05) is 61.2 Å². The Labute approximate surface area is 190 Å². The number of thioether (sulfide) groups is 1. The quantitative estimate of drug-likeness (QED) is 0.496. The maximum atomic E-state index is 12.8. The van der Waals surface area contributed by atoms with Crippen molar-refractivity contribution in [2.45, 2.75) is 19.3 Å². The van der Waals surface area contributed by atoms with Crippen LogP contribution in [0, 0.1) is 17.2 Å². The number of ether oxygens (including phenoxy) is 1. The Kier molecular flexibility index (Phi) is 7.68. The van der Waals surface area contributed by atoms with Gasteiger partial charge < -0.3 is 15.4 Å². The van der Waals surface area contributed by atoms with Crippen molar-refractivity contribution < 1.29 is 19.1 Å². The van der Waals surface area contributed by atoms with Crippen molar-refractivity contribution in [1.29, 1.82) is 5.26 Å². The first-order valence-corrected chi connectivity index (χ1v) is 11.1. The molecule has 0 aliphatic carbocycles. The van der Waals surface area contributed by atoms with Crippen molar-refractivity contribution in [3.8, 4) is 6.07 Å². The molecule has 2 aromatic carbocycles. The van der Waals surface area contributed by atoms with E-state index in [-0.39, 0.29) is 22.3 Å². The fourth-order valence-electron chi connectivity index (χ4n) is 3.50. The molecule has 0 saturated heterocycles. The smallest absolute Gasteiger partial charge is 0.319 e. The number of allylic oxidation sites excluding steroid dienone is 1. The van der Waals surface area contributed by atoms with Crippen molar-refractivity contribution >= 4 is 35.2 Å². The minimum Gasteiger partial charge on any atom is -0.468 e. The van der Waals surface area contributed by atoms with Crippen molar-refractivity contribution in [2.24, 2.45) is 5.92 Å². The average Bonchev–Trinajstić information content (AvgIpc) is 2.82. The van der Waals surface area contributed by atoms with Crippen molar-refractivity contribution in [2.75, 3.05) is 18.2 Å². The second-order valence-electron chi connectivity index (χ2n) is 7.12. The first-order chi connectivity index (χ1) is 15.5. The highest BCUT2D eigenvalue weighted by Crippen LogP contribution is 2.40. The van der Waals surface area contributed by atoms with E-state index in [1.54, 1.807) is 24.3 Å². The van der Waals surface area contributed by atoms with Gasteiger partial charge in [0.05, 0.1) is 29.5 Å². The van der Waals surface area contributed by atoms with Crippen LogP contribution in [-0.4, -0.2) is 30.6 Å². The Bertz CT molecular complexity index is 1070. The standard InChI is InChI=1S/C24H23N3O4S/c1-3-15-9-11-17(12-10-15)26-19(28)14-32-23-18(13-25)20(16-7-5-4-6-8-16)21(22(29)27-23)24(30)31-2/h4-12,20-21H,3,14H2,1-2H3,(H,26,28)(H,27,29)/t20-,21-/m0/s1. The summed E-state index contributed by atoms with van der Waals surface area (Å²) in [5, 5.41) is 15.6. The minimum absolute atomic E-state index is 0.0132. The molecule has 8 heteroatoms. The first kappa shape index (κ1) is 23.1. The van der Waals surface area contributed by atoms with E-state index in [0.717, 1.165) is 18.2 Å². The number of nitriles is 1. The number of carbonyl (C=O) groups excluding carboxylic acids is 3. The molecule has 0 unspecified atom stereocenters. The number of aryl methyl sites for hydroxylation is 1. The lowest BCUT2D eigenvalue weighted by Gasteiger charge is -2.30. The summed E-state index contributed by atoms with van der Waals surface area (Å²) in [6, 6.07) is 18.5. The molecule has 0 spiro atoms. The molecule has 1 aliphatic heterocycles. The summed E-state index contributed by atoms with van der Waals surface area (Å²) in [5.74, 6) is -3.56. The fourth-order valence-corrected chi connectivity index (χ4v) is 4.35. The van der Waals surface area contributed by atoms with Crippen LogP contribution < -0.4 is 10.6 Å². The maximum Gasteiger partial charge on any atom is 0.319 e. The zero-order valence-corrected chi connectivity index (χ0v) is 18.6. The van der Waals surface area contributed by atoms with Gasteiger partial charge >= 0.3 is 5.97 Å². The predicted octanol–water partition coefficient (Wildman–Crippen LogP) is 3.36. The van der Waals surface area contributed by atoms with Gasteiger partial charge in [-0.25, -0.2) is 0 Å². The molecule has 3 rings (SSSR count). The molecule has 32 heavy (non-hydrogen) atoms. The Morgan fingerprint density at radius 2 is 1.84 bits per heavy atom. The number of hydrogen-bond acceptors (Lipinski definition) is 6. The van der Waals surface area contributed by atoms with Gasteiger partial charge in [0.15, 0.2) is 0 Å². The van der Waals surface area contributed by atoms with Crippen LogP contribution in [0.5, 0.6) is 0 Å². The molecule has 2 aromatic rings. The van der Waals surface area contributed by atoms with E-state index in [4.69, 9.17) is 4.74 Å². The molecule has 1 heterocycles. The molecule has 164 valence electrons. The van der Waals surface area contributed by atoms with Gasteiger partial charge in [0.2, 0.25) is 11.8 Å². The third-order valence-corrected chi connectivity index (χ3v) is 6.15. The van der Waals surface area contributed by atoms with Crippen LogP contribution in [0.2, 0.25) is 0 Å². The van der Waals surface area contributed by atoms with Crippen LogP contribution >= 0.6 is 11.8 Å². The SMILES string of the molecule is CCc1ccc(NC(=O)CSC2=C(C#N)[C@H](c3ccccc3)[C@H](C(=O)OC)C(=O)N2)cc1. The molecule has 0 radical (unpaired) electrons. The van der Waals surface area contributed by atoms with Crippen molar-refractivity contribution in [3.63, 3.8) is 0 Å². The molecular formula is C24H23N3O4S. The van der Waals surface area contributed by atoms with Crippen LogP contribution in [0.4, 0.5) is 5.69 Å². The molecule has 7 nitrogen and oxygen atoms in total. The molecule has 2 N–H and O–H groups in total. The topological polar surface area (TPSA) is 108 Å². The van der Waals surface area contributed by atoms with Crippen LogP contribution in [0.1, 0.15) is 24.0 Å². The highest BCUT2D eigenvalue weighted by Gasteiger charge is 2.44. The number of carbonyl (C=O) groups is 3. The summed E-state index contributed by atoms with van der Waals surface area (Å²) in [6.45, 7) is 2.05. The van der Waals surface area contributed by atoms with Crippen LogP contribution in [0.3, 0.4) is 0 Å². The number of benzene rings is 2. The summed E-state index contributed by atoms with van der Waals surface area (Å²) in [7, 11) is 1.20. The zero-order chi connectivity index (χ0) is 23.1. The van der Waals surface area contributed by atoms with E-state index < -0.39 is 23.7 Å². The Balaban J connectivity index is 1.82. The minimum atomic E-state index is -1.19. The van der Waals surface area contributed by atoms with E-state index >= 15 is 0 Å². The van der Waals surface area contributed by atoms with Gasteiger partial charge in [0.1, 0.15) is 5.92 Å². The number of nitrogens with zero attached hydrogens (tertiary/aromatic N) is 1. The van der Waals surface area contributed by atoms with Crippen LogP contribution in [0.25, 0.3) is 0 Å². The van der Waals surface area contributed by atoms with Gasteiger partial charge in [-0.15, -0.1) is 0 Å². The molecular weight excluding hydrogens is 426 g/mol. The highest BCUT2D eigenvalue weighted by molar-refractivity contribution is 8.03. The number of methoxy groups -OCH3 is 1. The second kappa shape index (κ2) is 10.6. The van der Waals surface area contributed by atoms with E-state index in [9.17, 15) is 19.6 Å². The number of anilines is 1. The normalized spacial score (nSPS) is 17.8. The number of amides is 2. The first-order valence-electron chi connectivity index (χ1n) is 10.1. The van der Waals surface area contributed by atoms with E-state index in [1.165, 1.54) is 12.7 Å². The van der Waals surface area contributed by atoms with E-state index in [1.807, 2.05) is 30.3 Å². The van der Waals surface area contributed by atoms with Gasteiger partial charge in [-0.2, -0.15) is 5.26 Å². The van der Waals surface area contributed by atoms with Gasteiger partial charge in [0, 0.05) is 11.6 Å². The predicted molar refractivity (Wildman–Crippen MR) is 122 cm³/mol. The van der Waals surface area contributed by atoms with Gasteiger partial charge in [-0.3, -0.25) is 14.4 Å². The van der Waals surface area contributed by atoms with Crippen LogP contribution in [-0.2, 0) is 25.5 Å². The number of nitrogens with one attached hydrogen (secondary N) is 2. The number of rotatable bonds is 7. The van der Waals surface area contributed by atoms with Crippen molar-refractivity contribution in [3.05, 3.63) is 76.3 Å². The van der Waals surface area contributed by atoms with Gasteiger partial charge in [-0.05, 0) is 29.7 Å². The Morgan fingerprint density at radius 1 is 1.16 bits per heavy atom. The monoisotopic (exact) mass is 449 g/mol. The van der Waals surface area contributed by atoms with E-state index in [2.05, 4.69) is 23.6 Å². The molecule has 0 fully saturated rings. The zero-order valence-electron chi connectivity index (χ0n) is 17.8. The number of esters is 1. The lowest BCUT2D eigenvalue weighted by molar-refractivity contribution is -0.150. The summed E-state index contributed by atoms with van der Waals surface area (Å²) in [5.41, 5.74) is 2.70. The van der Waals surface area contributed by atoms with Crippen LogP contribution in [0.15, 0.2) is 65.2 Å². The van der Waals surface area contributed by atoms with Gasteiger partial charge in [0.25, 0.3) is 0 Å². The Hall–Kier alpha value is -3.57. The highest BCUT2D eigenvalue weighted by atomic mass is 32.2. The summed E-state index contributed by atoms with van der Waals surface area (Å²) in [6.07, 6.45) is 0.907. The molecule has 2 amide bonds. The maximum absolute atomic E-state index is 12.8. The lowest BCUT2D eigenvalue weighted by atomic mass is 9.78. The Morgan fingerprint density at radius 3 is 2.44 bits per heavy atom. The molecule has 0 bridgehead atoms. The summed E-state index contributed by atoms with van der Waals surface area (Å²) >= 11 is 1.05. The lowest BCUT2D eigenvalue weighted by Crippen LogP contribution is -2.44. The summed E-state index contributed by atoms with van der Waals surface area (Å²) < 4.78 is 4.82. The molecule has 0 aromatic heterocycles. The average molecular weight is 450 g/mol.